The van der Waals surface area contributed by atoms with Crippen molar-refractivity contribution < 1.29 is 19.4 Å². The molecular weight excluding hydrogens is 306 g/mol. The molecule has 2 rings (SSSR count). The van der Waals surface area contributed by atoms with Crippen molar-refractivity contribution in [3.8, 4) is 0 Å². The van der Waals surface area contributed by atoms with Gasteiger partial charge in [-0.3, -0.25) is 4.79 Å². The van der Waals surface area contributed by atoms with Crippen LogP contribution in [-0.2, 0) is 19.9 Å². The molecule has 5 nitrogen and oxygen atoms in total. The lowest BCUT2D eigenvalue weighted by Crippen LogP contribution is -2.38. The van der Waals surface area contributed by atoms with Crippen molar-refractivity contribution in [2.24, 2.45) is 0 Å². The van der Waals surface area contributed by atoms with Crippen LogP contribution in [0.2, 0.25) is 0 Å². The summed E-state index contributed by atoms with van der Waals surface area (Å²) in [5.74, 6) is -1.32. The number of esters is 1. The SMILES string of the molecule is C=C(C[C@](O)(C(=O)OC)c1ccccc1)C(=O)Nc1ccccc1. The molecule has 0 saturated carbocycles. The fourth-order valence-corrected chi connectivity index (χ4v) is 2.30. The minimum atomic E-state index is -1.97. The number of nitrogens with one attached hydrogen (secondary N) is 1. The molecule has 0 spiro atoms. The molecule has 2 N–H and O–H groups in total. The van der Waals surface area contributed by atoms with Crippen LogP contribution >= 0.6 is 0 Å². The first-order valence-corrected chi connectivity index (χ1v) is 7.38. The topological polar surface area (TPSA) is 75.6 Å². The number of rotatable bonds is 6. The number of anilines is 1. The van der Waals surface area contributed by atoms with Crippen LogP contribution in [0.1, 0.15) is 12.0 Å². The molecule has 24 heavy (non-hydrogen) atoms. The number of amides is 1. The number of aliphatic hydroxyl groups is 1. The van der Waals surface area contributed by atoms with Gasteiger partial charge in [0.1, 0.15) is 0 Å². The van der Waals surface area contributed by atoms with Gasteiger partial charge in [0.2, 0.25) is 0 Å². The summed E-state index contributed by atoms with van der Waals surface area (Å²) in [5.41, 5.74) is -0.965. The molecule has 0 aliphatic carbocycles. The lowest BCUT2D eigenvalue weighted by atomic mass is 9.87. The first-order valence-electron chi connectivity index (χ1n) is 7.38. The second kappa shape index (κ2) is 7.57. The highest BCUT2D eigenvalue weighted by atomic mass is 16.5. The summed E-state index contributed by atoms with van der Waals surface area (Å²) >= 11 is 0. The molecule has 0 saturated heterocycles. The third-order valence-electron chi connectivity index (χ3n) is 3.60. The standard InChI is InChI=1S/C19H19NO4/c1-14(17(21)20-16-11-7-4-8-12-16)13-19(23,18(22)24-2)15-9-5-3-6-10-15/h3-12,23H,1,13H2,2H3,(H,20,21)/t19-/m1/s1. The average molecular weight is 325 g/mol. The Morgan fingerprint density at radius 1 is 1.08 bits per heavy atom. The molecule has 0 aromatic heterocycles. The van der Waals surface area contributed by atoms with Crippen molar-refractivity contribution in [1.82, 2.24) is 0 Å². The number of hydrogen-bond donors (Lipinski definition) is 2. The van der Waals surface area contributed by atoms with E-state index in [0.717, 1.165) is 0 Å². The van der Waals surface area contributed by atoms with E-state index in [9.17, 15) is 14.7 Å². The van der Waals surface area contributed by atoms with Gasteiger partial charge in [-0.05, 0) is 17.7 Å². The highest BCUT2D eigenvalue weighted by molar-refractivity contribution is 6.04. The zero-order valence-electron chi connectivity index (χ0n) is 13.4. The molecule has 0 fully saturated rings. The van der Waals surface area contributed by atoms with Gasteiger partial charge in [0.15, 0.2) is 5.60 Å². The van der Waals surface area contributed by atoms with Crippen LogP contribution in [0.25, 0.3) is 0 Å². The number of ether oxygens (including phenoxy) is 1. The van der Waals surface area contributed by atoms with E-state index in [1.165, 1.54) is 7.11 Å². The van der Waals surface area contributed by atoms with E-state index in [4.69, 9.17) is 4.74 Å². The molecule has 124 valence electrons. The predicted octanol–water partition coefficient (Wildman–Crippen LogP) is 2.63. The minimum absolute atomic E-state index is 0.0654. The Labute approximate surface area is 140 Å². The highest BCUT2D eigenvalue weighted by Gasteiger charge is 2.40. The molecule has 0 heterocycles. The molecular formula is C19H19NO4. The van der Waals surface area contributed by atoms with Crippen molar-refractivity contribution in [3.05, 3.63) is 78.4 Å². The van der Waals surface area contributed by atoms with Gasteiger partial charge in [0.05, 0.1) is 7.11 Å². The lowest BCUT2D eigenvalue weighted by molar-refractivity contribution is -0.163. The summed E-state index contributed by atoms with van der Waals surface area (Å²) in [7, 11) is 1.18. The van der Waals surface area contributed by atoms with Crippen molar-refractivity contribution >= 4 is 17.6 Å². The van der Waals surface area contributed by atoms with E-state index in [1.807, 2.05) is 6.07 Å². The van der Waals surface area contributed by atoms with Crippen LogP contribution in [0.15, 0.2) is 72.8 Å². The largest absolute Gasteiger partial charge is 0.467 e. The third-order valence-corrected chi connectivity index (χ3v) is 3.60. The Balaban J connectivity index is 2.19. The Hall–Kier alpha value is -2.92. The molecule has 0 radical (unpaired) electrons. The zero-order chi connectivity index (χ0) is 17.6. The van der Waals surface area contributed by atoms with Gasteiger partial charge in [-0.1, -0.05) is 55.1 Å². The van der Waals surface area contributed by atoms with E-state index in [2.05, 4.69) is 11.9 Å². The number of benzene rings is 2. The van der Waals surface area contributed by atoms with Crippen molar-refractivity contribution in [3.63, 3.8) is 0 Å². The third kappa shape index (κ3) is 3.88. The zero-order valence-corrected chi connectivity index (χ0v) is 13.4. The molecule has 2 aromatic carbocycles. The smallest absolute Gasteiger partial charge is 0.342 e. The highest BCUT2D eigenvalue weighted by Crippen LogP contribution is 2.30. The molecule has 0 aliphatic rings. The van der Waals surface area contributed by atoms with Crippen LogP contribution in [0, 0.1) is 0 Å². The van der Waals surface area contributed by atoms with E-state index >= 15 is 0 Å². The van der Waals surface area contributed by atoms with Crippen molar-refractivity contribution in [2.45, 2.75) is 12.0 Å². The van der Waals surface area contributed by atoms with Gasteiger partial charge < -0.3 is 15.2 Å². The summed E-state index contributed by atoms with van der Waals surface area (Å²) in [6, 6.07) is 17.2. The predicted molar refractivity (Wildman–Crippen MR) is 91.2 cm³/mol. The number of methoxy groups -OCH3 is 1. The second-order valence-electron chi connectivity index (χ2n) is 5.32. The Morgan fingerprint density at radius 2 is 1.62 bits per heavy atom. The van der Waals surface area contributed by atoms with E-state index in [-0.39, 0.29) is 12.0 Å². The molecule has 0 unspecified atom stereocenters. The van der Waals surface area contributed by atoms with Gasteiger partial charge in [-0.25, -0.2) is 4.79 Å². The normalized spacial score (nSPS) is 12.8. The van der Waals surface area contributed by atoms with Crippen molar-refractivity contribution in [2.75, 3.05) is 12.4 Å². The maximum absolute atomic E-state index is 12.3. The summed E-state index contributed by atoms with van der Waals surface area (Å²) in [4.78, 5) is 24.4. The first kappa shape index (κ1) is 17.4. The van der Waals surface area contributed by atoms with E-state index in [0.29, 0.717) is 11.3 Å². The molecule has 5 heteroatoms. The van der Waals surface area contributed by atoms with Crippen LogP contribution in [0.5, 0.6) is 0 Å². The number of carbonyl (C=O) groups excluding carboxylic acids is 2. The molecule has 0 aliphatic heterocycles. The Kier molecular flexibility index (Phi) is 5.50. The van der Waals surface area contributed by atoms with E-state index < -0.39 is 17.5 Å². The maximum atomic E-state index is 12.3. The summed E-state index contributed by atoms with van der Waals surface area (Å²) in [5, 5.41) is 13.5. The van der Waals surface area contributed by atoms with Gasteiger partial charge in [0.25, 0.3) is 5.91 Å². The number of carbonyl (C=O) groups is 2. The van der Waals surface area contributed by atoms with Gasteiger partial charge in [-0.15, -0.1) is 0 Å². The molecule has 1 atom stereocenters. The van der Waals surface area contributed by atoms with Crippen LogP contribution in [0.3, 0.4) is 0 Å². The lowest BCUT2D eigenvalue weighted by Gasteiger charge is -2.26. The summed E-state index contributed by atoms with van der Waals surface area (Å²) in [6.45, 7) is 3.70. The first-order chi connectivity index (χ1) is 11.5. The minimum Gasteiger partial charge on any atom is -0.467 e. The Bertz CT molecular complexity index is 728. The Morgan fingerprint density at radius 3 is 2.17 bits per heavy atom. The van der Waals surface area contributed by atoms with Crippen LogP contribution < -0.4 is 5.32 Å². The monoisotopic (exact) mass is 325 g/mol. The van der Waals surface area contributed by atoms with Crippen LogP contribution in [-0.4, -0.2) is 24.1 Å². The molecule has 0 bridgehead atoms. The van der Waals surface area contributed by atoms with Gasteiger partial charge >= 0.3 is 5.97 Å². The van der Waals surface area contributed by atoms with E-state index in [1.54, 1.807) is 54.6 Å². The fourth-order valence-electron chi connectivity index (χ4n) is 2.30. The number of para-hydroxylation sites is 1. The van der Waals surface area contributed by atoms with Gasteiger partial charge in [0, 0.05) is 17.7 Å². The van der Waals surface area contributed by atoms with Gasteiger partial charge in [-0.2, -0.15) is 0 Å². The van der Waals surface area contributed by atoms with Crippen LogP contribution in [0.4, 0.5) is 5.69 Å². The van der Waals surface area contributed by atoms with Crippen molar-refractivity contribution in [1.29, 1.82) is 0 Å². The maximum Gasteiger partial charge on any atom is 0.342 e. The molecule has 2 aromatic rings. The quantitative estimate of drug-likeness (QED) is 0.632. The number of hydrogen-bond acceptors (Lipinski definition) is 4. The second-order valence-corrected chi connectivity index (χ2v) is 5.32. The average Bonchev–Trinajstić information content (AvgIpc) is 2.62. The molecule has 1 amide bonds. The summed E-state index contributed by atoms with van der Waals surface area (Å²) in [6.07, 6.45) is -0.275. The fraction of sp³-hybridized carbons (Fsp3) is 0.158. The summed E-state index contributed by atoms with van der Waals surface area (Å²) < 4.78 is 4.71.